The monoisotopic (exact) mass is 398 g/mol. The molecule has 2 heterocycles. The number of hydrogen-bond acceptors (Lipinski definition) is 7. The lowest BCUT2D eigenvalue weighted by atomic mass is 9.69. The highest BCUT2D eigenvalue weighted by Gasteiger charge is 2.41. The molecule has 0 radical (unpaired) electrons. The molecule has 2 aromatic heterocycles. The van der Waals surface area contributed by atoms with Crippen molar-refractivity contribution in [3.05, 3.63) is 47.9 Å². The number of aliphatic hydroxyl groups excluding tert-OH is 1. The molecule has 1 aliphatic rings. The Hall–Kier alpha value is -2.45. The van der Waals surface area contributed by atoms with Crippen molar-refractivity contribution in [3.8, 4) is 5.75 Å². The second-order valence-corrected chi connectivity index (χ2v) is 7.81. The van der Waals surface area contributed by atoms with Crippen LogP contribution >= 0.6 is 11.8 Å². The number of aromatic nitrogens is 4. The van der Waals surface area contributed by atoms with E-state index in [4.69, 9.17) is 4.74 Å². The van der Waals surface area contributed by atoms with E-state index in [1.807, 2.05) is 12.3 Å². The topological polar surface area (TPSA) is 89.6 Å². The van der Waals surface area contributed by atoms with Crippen LogP contribution in [-0.2, 0) is 5.41 Å². The fraction of sp³-hybridized carbons (Fsp3) is 0.400. The van der Waals surface area contributed by atoms with Gasteiger partial charge in [-0.15, -0.1) is 0 Å². The Balaban J connectivity index is 1.86. The Morgan fingerprint density at radius 2 is 2.00 bits per heavy atom. The minimum absolute atomic E-state index is 0.0570. The van der Waals surface area contributed by atoms with E-state index in [1.54, 1.807) is 30.6 Å². The molecule has 0 atom stereocenters. The van der Waals surface area contributed by atoms with E-state index in [9.17, 15) is 9.90 Å². The molecule has 8 heteroatoms. The van der Waals surface area contributed by atoms with Gasteiger partial charge in [0.05, 0.1) is 6.61 Å². The summed E-state index contributed by atoms with van der Waals surface area (Å²) in [4.78, 5) is 21.9. The van der Waals surface area contributed by atoms with Gasteiger partial charge in [-0.2, -0.15) is 5.10 Å². The Kier molecular flexibility index (Phi) is 5.32. The van der Waals surface area contributed by atoms with Gasteiger partial charge in [0, 0.05) is 11.0 Å². The molecule has 146 valence electrons. The van der Waals surface area contributed by atoms with Gasteiger partial charge < -0.3 is 9.84 Å². The van der Waals surface area contributed by atoms with E-state index in [0.29, 0.717) is 22.1 Å². The van der Waals surface area contributed by atoms with Crippen molar-refractivity contribution >= 4 is 23.4 Å². The predicted octanol–water partition coefficient (Wildman–Crippen LogP) is 3.26. The smallest absolute Gasteiger partial charge is 0.364 e. The van der Waals surface area contributed by atoms with Gasteiger partial charge in [-0.1, -0.05) is 49.2 Å². The molecule has 1 aromatic carbocycles. The van der Waals surface area contributed by atoms with Crippen LogP contribution in [0, 0.1) is 0 Å². The number of thioether (sulfide) groups is 1. The van der Waals surface area contributed by atoms with Crippen LogP contribution in [0.5, 0.6) is 5.75 Å². The SMILES string of the molecule is CSc1ncn2nc(C(=O)Oc3ccccc3)c(C3(CO)CCCCC3)c2n1. The zero-order valence-corrected chi connectivity index (χ0v) is 16.5. The third-order valence-corrected chi connectivity index (χ3v) is 5.90. The van der Waals surface area contributed by atoms with Crippen molar-refractivity contribution in [1.29, 1.82) is 0 Å². The van der Waals surface area contributed by atoms with Gasteiger partial charge in [0.2, 0.25) is 0 Å². The maximum absolute atomic E-state index is 13.0. The number of fused-ring (bicyclic) bond motifs is 1. The summed E-state index contributed by atoms with van der Waals surface area (Å²) < 4.78 is 7.07. The van der Waals surface area contributed by atoms with Gasteiger partial charge >= 0.3 is 5.97 Å². The Bertz CT molecular complexity index is 984. The van der Waals surface area contributed by atoms with Gasteiger partial charge in [0.15, 0.2) is 16.5 Å². The van der Waals surface area contributed by atoms with Crippen LogP contribution in [0.1, 0.15) is 48.2 Å². The van der Waals surface area contributed by atoms with Crippen LogP contribution in [0.15, 0.2) is 41.8 Å². The number of nitrogens with zero attached hydrogens (tertiary/aromatic N) is 4. The number of ether oxygens (including phenoxy) is 1. The highest BCUT2D eigenvalue weighted by molar-refractivity contribution is 7.98. The Morgan fingerprint density at radius 1 is 1.25 bits per heavy atom. The maximum atomic E-state index is 13.0. The van der Waals surface area contributed by atoms with Crippen molar-refractivity contribution in [2.24, 2.45) is 0 Å². The van der Waals surface area contributed by atoms with Crippen molar-refractivity contribution in [2.75, 3.05) is 12.9 Å². The highest BCUT2D eigenvalue weighted by atomic mass is 32.2. The fourth-order valence-electron chi connectivity index (χ4n) is 3.93. The molecule has 0 saturated heterocycles. The number of benzene rings is 1. The molecule has 1 N–H and O–H groups in total. The number of carbonyl (C=O) groups excluding carboxylic acids is 1. The first-order valence-electron chi connectivity index (χ1n) is 9.35. The van der Waals surface area contributed by atoms with Gasteiger partial charge in [-0.25, -0.2) is 19.3 Å². The van der Waals surface area contributed by atoms with Crippen molar-refractivity contribution in [2.45, 2.75) is 42.7 Å². The zero-order valence-electron chi connectivity index (χ0n) is 15.7. The van der Waals surface area contributed by atoms with Crippen LogP contribution in [-0.4, -0.2) is 43.5 Å². The average molecular weight is 398 g/mol. The lowest BCUT2D eigenvalue weighted by Gasteiger charge is -2.35. The molecule has 0 bridgehead atoms. The molecular weight excluding hydrogens is 376 g/mol. The maximum Gasteiger partial charge on any atom is 0.364 e. The number of hydrogen-bond donors (Lipinski definition) is 1. The molecular formula is C20H22N4O3S. The van der Waals surface area contributed by atoms with Gasteiger partial charge in [-0.05, 0) is 31.2 Å². The molecule has 7 nitrogen and oxygen atoms in total. The summed E-state index contributed by atoms with van der Waals surface area (Å²) in [6.45, 7) is -0.0570. The number of aliphatic hydroxyl groups is 1. The van der Waals surface area contributed by atoms with Crippen LogP contribution in [0.25, 0.3) is 5.65 Å². The number of esters is 1. The number of carbonyl (C=O) groups is 1. The molecule has 0 spiro atoms. The van der Waals surface area contributed by atoms with Crippen molar-refractivity contribution < 1.29 is 14.6 Å². The highest BCUT2D eigenvalue weighted by Crippen LogP contribution is 2.42. The lowest BCUT2D eigenvalue weighted by molar-refractivity contribution is 0.0720. The lowest BCUT2D eigenvalue weighted by Crippen LogP contribution is -2.35. The van der Waals surface area contributed by atoms with Gasteiger partial charge in [0.25, 0.3) is 0 Å². The molecule has 3 aromatic rings. The van der Waals surface area contributed by atoms with E-state index in [-0.39, 0.29) is 12.3 Å². The molecule has 28 heavy (non-hydrogen) atoms. The number of para-hydroxylation sites is 1. The van der Waals surface area contributed by atoms with Gasteiger partial charge in [-0.3, -0.25) is 0 Å². The Morgan fingerprint density at radius 3 is 2.68 bits per heavy atom. The summed E-state index contributed by atoms with van der Waals surface area (Å²) in [7, 11) is 0. The predicted molar refractivity (Wildman–Crippen MR) is 106 cm³/mol. The van der Waals surface area contributed by atoms with E-state index in [2.05, 4.69) is 15.1 Å². The van der Waals surface area contributed by atoms with Crippen LogP contribution in [0.3, 0.4) is 0 Å². The van der Waals surface area contributed by atoms with Crippen LogP contribution < -0.4 is 4.74 Å². The first-order valence-corrected chi connectivity index (χ1v) is 10.6. The summed E-state index contributed by atoms with van der Waals surface area (Å²) in [6, 6.07) is 8.92. The van der Waals surface area contributed by atoms with Gasteiger partial charge in [0.1, 0.15) is 12.1 Å². The molecule has 4 rings (SSSR count). The first kappa shape index (κ1) is 18.9. The average Bonchev–Trinajstić information content (AvgIpc) is 3.14. The van der Waals surface area contributed by atoms with E-state index < -0.39 is 11.4 Å². The molecule has 1 fully saturated rings. The third kappa shape index (κ3) is 3.38. The summed E-state index contributed by atoms with van der Waals surface area (Å²) in [5, 5.41) is 15.4. The summed E-state index contributed by atoms with van der Waals surface area (Å²) >= 11 is 1.42. The second kappa shape index (κ2) is 7.89. The Labute approximate surface area is 167 Å². The summed E-state index contributed by atoms with van der Waals surface area (Å²) in [6.07, 6.45) is 8.14. The standard InChI is InChI=1S/C20H22N4O3S/c1-28-19-21-13-24-17(22-19)15(20(12-25)10-6-3-7-11-20)16(23-24)18(26)27-14-8-4-2-5-9-14/h2,4-5,8-9,13,25H,3,6-7,10-12H2,1H3. The minimum Gasteiger partial charge on any atom is -0.422 e. The summed E-state index contributed by atoms with van der Waals surface area (Å²) in [5.41, 5.74) is 0.894. The summed E-state index contributed by atoms with van der Waals surface area (Å²) in [5.74, 6) is -0.0936. The molecule has 0 amide bonds. The number of rotatable bonds is 5. The fourth-order valence-corrected chi connectivity index (χ4v) is 4.26. The normalized spacial score (nSPS) is 16.2. The van der Waals surface area contributed by atoms with E-state index >= 15 is 0 Å². The molecule has 1 aliphatic carbocycles. The van der Waals surface area contributed by atoms with Crippen LogP contribution in [0.4, 0.5) is 0 Å². The minimum atomic E-state index is -0.547. The van der Waals surface area contributed by atoms with Crippen LogP contribution in [0.2, 0.25) is 0 Å². The van der Waals surface area contributed by atoms with E-state index in [1.165, 1.54) is 16.3 Å². The molecule has 0 aliphatic heterocycles. The molecule has 1 saturated carbocycles. The van der Waals surface area contributed by atoms with Crippen molar-refractivity contribution in [1.82, 2.24) is 19.6 Å². The third-order valence-electron chi connectivity index (χ3n) is 5.34. The largest absolute Gasteiger partial charge is 0.422 e. The quantitative estimate of drug-likeness (QED) is 0.401. The van der Waals surface area contributed by atoms with Crippen molar-refractivity contribution in [3.63, 3.8) is 0 Å². The second-order valence-electron chi connectivity index (χ2n) is 7.04. The first-order chi connectivity index (χ1) is 13.7. The van der Waals surface area contributed by atoms with E-state index in [0.717, 1.165) is 32.1 Å². The zero-order chi connectivity index (χ0) is 19.6. The molecule has 0 unspecified atom stereocenters.